The summed E-state index contributed by atoms with van der Waals surface area (Å²) < 4.78 is 0. The fourth-order valence-corrected chi connectivity index (χ4v) is 4.08. The second-order valence-electron chi connectivity index (χ2n) is 5.85. The van der Waals surface area contributed by atoms with Crippen molar-refractivity contribution in [3.05, 3.63) is 28.8 Å². The molecule has 0 amide bonds. The number of carbonyl (C=O) groups is 1. The normalized spacial score (nSPS) is 28.0. The number of nitriles is 1. The number of hydrogen-bond acceptors (Lipinski definition) is 3. The first-order valence-corrected chi connectivity index (χ1v) is 7.71. The largest absolute Gasteiger partial charge is 0.480 e. The summed E-state index contributed by atoms with van der Waals surface area (Å²) in [7, 11) is 0. The minimum atomic E-state index is -0.812. The molecule has 1 aliphatic heterocycles. The summed E-state index contributed by atoms with van der Waals surface area (Å²) >= 11 is 6.11. The average Bonchev–Trinajstić information content (AvgIpc) is 2.86. The number of anilines is 1. The molecule has 0 radical (unpaired) electrons. The molecule has 3 atom stereocenters. The fraction of sp³-hybridized carbons (Fsp3) is 0.500. The molecule has 1 aromatic rings. The number of hydrogen-bond donors (Lipinski definition) is 1. The van der Waals surface area contributed by atoms with Crippen molar-refractivity contribution in [1.82, 2.24) is 0 Å². The molecule has 3 rings (SSSR count). The zero-order valence-electron chi connectivity index (χ0n) is 11.6. The van der Waals surface area contributed by atoms with Crippen LogP contribution in [0.5, 0.6) is 0 Å². The van der Waals surface area contributed by atoms with Gasteiger partial charge in [0.25, 0.3) is 0 Å². The summed E-state index contributed by atoms with van der Waals surface area (Å²) in [6.45, 7) is 0. The van der Waals surface area contributed by atoms with Gasteiger partial charge in [-0.05, 0) is 37.3 Å². The van der Waals surface area contributed by atoms with Crippen LogP contribution in [0.3, 0.4) is 0 Å². The van der Waals surface area contributed by atoms with Gasteiger partial charge >= 0.3 is 5.97 Å². The number of rotatable bonds is 2. The van der Waals surface area contributed by atoms with E-state index in [9.17, 15) is 15.2 Å². The maximum atomic E-state index is 11.7. The van der Waals surface area contributed by atoms with E-state index in [-0.39, 0.29) is 6.04 Å². The zero-order chi connectivity index (χ0) is 15.0. The van der Waals surface area contributed by atoms with E-state index in [0.717, 1.165) is 19.3 Å². The van der Waals surface area contributed by atoms with Gasteiger partial charge in [-0.2, -0.15) is 5.26 Å². The molecule has 0 bridgehead atoms. The molecule has 1 saturated heterocycles. The van der Waals surface area contributed by atoms with Crippen LogP contribution in [0.25, 0.3) is 0 Å². The van der Waals surface area contributed by atoms with Crippen LogP contribution in [0.15, 0.2) is 18.2 Å². The maximum absolute atomic E-state index is 11.7. The third kappa shape index (κ3) is 2.36. The van der Waals surface area contributed by atoms with Crippen LogP contribution in [-0.2, 0) is 4.79 Å². The lowest BCUT2D eigenvalue weighted by atomic mass is 9.84. The quantitative estimate of drug-likeness (QED) is 0.909. The summed E-state index contributed by atoms with van der Waals surface area (Å²) in [5, 5.41) is 19.3. The van der Waals surface area contributed by atoms with E-state index in [1.807, 2.05) is 11.0 Å². The van der Waals surface area contributed by atoms with Crippen molar-refractivity contribution in [2.45, 2.75) is 44.2 Å². The summed E-state index contributed by atoms with van der Waals surface area (Å²) in [5.74, 6) is -0.404. The van der Waals surface area contributed by atoms with Gasteiger partial charge in [-0.1, -0.05) is 30.5 Å². The van der Waals surface area contributed by atoms with Crippen LogP contribution in [-0.4, -0.2) is 23.2 Å². The van der Waals surface area contributed by atoms with Crippen molar-refractivity contribution in [2.24, 2.45) is 5.92 Å². The Hall–Kier alpha value is -1.73. The van der Waals surface area contributed by atoms with Crippen LogP contribution in [0.4, 0.5) is 5.69 Å². The van der Waals surface area contributed by atoms with Gasteiger partial charge in [-0.3, -0.25) is 0 Å². The Bertz CT molecular complexity index is 611. The highest BCUT2D eigenvalue weighted by atomic mass is 35.5. The Morgan fingerprint density at radius 2 is 2.14 bits per heavy atom. The van der Waals surface area contributed by atoms with Crippen LogP contribution in [0.2, 0.25) is 5.02 Å². The average molecular weight is 305 g/mol. The smallest absolute Gasteiger partial charge is 0.326 e. The predicted molar refractivity (Wildman–Crippen MR) is 80.4 cm³/mol. The van der Waals surface area contributed by atoms with Gasteiger partial charge in [0.05, 0.1) is 16.3 Å². The summed E-state index contributed by atoms with van der Waals surface area (Å²) in [6.07, 6.45) is 5.02. The Labute approximate surface area is 128 Å². The molecule has 1 heterocycles. The van der Waals surface area contributed by atoms with Crippen molar-refractivity contribution in [2.75, 3.05) is 4.90 Å². The summed E-state index contributed by atoms with van der Waals surface area (Å²) in [4.78, 5) is 13.6. The molecular formula is C16H17ClN2O2. The number of aliphatic carboxylic acids is 1. The second-order valence-corrected chi connectivity index (χ2v) is 6.26. The molecule has 1 saturated carbocycles. The molecule has 1 N–H and O–H groups in total. The van der Waals surface area contributed by atoms with Gasteiger partial charge in [0.2, 0.25) is 0 Å². The monoisotopic (exact) mass is 304 g/mol. The molecule has 0 spiro atoms. The number of halogens is 1. The van der Waals surface area contributed by atoms with Crippen LogP contribution in [0.1, 0.15) is 37.7 Å². The maximum Gasteiger partial charge on any atom is 0.326 e. The Kier molecular flexibility index (Phi) is 3.77. The van der Waals surface area contributed by atoms with Crippen molar-refractivity contribution >= 4 is 23.3 Å². The molecule has 1 aliphatic carbocycles. The van der Waals surface area contributed by atoms with E-state index in [0.29, 0.717) is 28.6 Å². The number of benzene rings is 1. The van der Waals surface area contributed by atoms with Gasteiger partial charge in [0, 0.05) is 6.04 Å². The Morgan fingerprint density at radius 1 is 1.38 bits per heavy atom. The molecule has 1 aromatic carbocycles. The molecule has 21 heavy (non-hydrogen) atoms. The number of fused-ring (bicyclic) bond motifs is 1. The highest BCUT2D eigenvalue weighted by molar-refractivity contribution is 6.32. The summed E-state index contributed by atoms with van der Waals surface area (Å²) in [5.41, 5.74) is 1.06. The van der Waals surface area contributed by atoms with Crippen LogP contribution >= 0.6 is 11.6 Å². The van der Waals surface area contributed by atoms with Gasteiger partial charge in [0.15, 0.2) is 0 Å². The van der Waals surface area contributed by atoms with Gasteiger partial charge < -0.3 is 10.0 Å². The molecule has 2 fully saturated rings. The number of nitrogens with zero attached hydrogens (tertiary/aromatic N) is 2. The minimum Gasteiger partial charge on any atom is -0.480 e. The Morgan fingerprint density at radius 3 is 2.86 bits per heavy atom. The highest BCUT2D eigenvalue weighted by Gasteiger charge is 2.46. The standard InChI is InChI=1S/C16H17ClN2O2/c17-12-5-3-7-14(11(12)9-18)19-13-6-2-1-4-10(13)8-15(19)16(20)21/h3,5,7,10,13,15H,1-2,4,6,8H2,(H,20,21). The van der Waals surface area contributed by atoms with Crippen LogP contribution in [0, 0.1) is 17.2 Å². The van der Waals surface area contributed by atoms with E-state index in [2.05, 4.69) is 6.07 Å². The topological polar surface area (TPSA) is 64.3 Å². The molecule has 4 nitrogen and oxygen atoms in total. The van der Waals surface area contributed by atoms with Crippen molar-refractivity contribution in [3.8, 4) is 6.07 Å². The van der Waals surface area contributed by atoms with E-state index in [4.69, 9.17) is 11.6 Å². The first-order chi connectivity index (χ1) is 10.1. The second kappa shape index (κ2) is 5.57. The van der Waals surface area contributed by atoms with Crippen molar-refractivity contribution < 1.29 is 9.90 Å². The fourth-order valence-electron chi connectivity index (χ4n) is 3.87. The first-order valence-electron chi connectivity index (χ1n) is 7.33. The SMILES string of the molecule is N#Cc1c(Cl)cccc1N1C(C(=O)O)CC2CCCCC21. The lowest BCUT2D eigenvalue weighted by Gasteiger charge is -2.35. The van der Waals surface area contributed by atoms with Crippen LogP contribution < -0.4 is 4.90 Å². The van der Waals surface area contributed by atoms with E-state index < -0.39 is 12.0 Å². The molecule has 3 unspecified atom stereocenters. The van der Waals surface area contributed by atoms with Crippen molar-refractivity contribution in [1.29, 1.82) is 5.26 Å². The molecule has 0 aromatic heterocycles. The number of carboxylic acid groups (broad SMARTS) is 1. The minimum absolute atomic E-state index is 0.213. The number of carboxylic acids is 1. The predicted octanol–water partition coefficient (Wildman–Crippen LogP) is 3.43. The van der Waals surface area contributed by atoms with E-state index >= 15 is 0 Å². The van der Waals surface area contributed by atoms with E-state index in [1.165, 1.54) is 6.42 Å². The van der Waals surface area contributed by atoms with Gasteiger partial charge in [-0.15, -0.1) is 0 Å². The third-order valence-corrected chi connectivity index (χ3v) is 5.07. The lowest BCUT2D eigenvalue weighted by molar-refractivity contribution is -0.138. The van der Waals surface area contributed by atoms with E-state index in [1.54, 1.807) is 12.1 Å². The summed E-state index contributed by atoms with van der Waals surface area (Å²) in [6, 6.07) is 7.07. The molecule has 2 aliphatic rings. The zero-order valence-corrected chi connectivity index (χ0v) is 12.4. The Balaban J connectivity index is 2.07. The first kappa shape index (κ1) is 14.2. The molecule has 5 heteroatoms. The van der Waals surface area contributed by atoms with Gasteiger partial charge in [-0.25, -0.2) is 4.79 Å². The van der Waals surface area contributed by atoms with Gasteiger partial charge in [0.1, 0.15) is 12.1 Å². The highest BCUT2D eigenvalue weighted by Crippen LogP contribution is 2.44. The third-order valence-electron chi connectivity index (χ3n) is 4.75. The lowest BCUT2D eigenvalue weighted by Crippen LogP contribution is -2.42. The molecular weight excluding hydrogens is 288 g/mol. The van der Waals surface area contributed by atoms with Crippen molar-refractivity contribution in [3.63, 3.8) is 0 Å². The molecule has 110 valence electrons.